The van der Waals surface area contributed by atoms with E-state index < -0.39 is 0 Å². The Bertz CT molecular complexity index is 523. The van der Waals surface area contributed by atoms with Crippen molar-refractivity contribution in [1.82, 2.24) is 0 Å². The molecule has 3 heteroatoms. The van der Waals surface area contributed by atoms with Gasteiger partial charge in [-0.3, -0.25) is 0 Å². The average molecular weight is 257 g/mol. The quantitative estimate of drug-likeness (QED) is 0.811. The van der Waals surface area contributed by atoms with Crippen LogP contribution < -0.4 is 14.4 Å². The second-order valence-electron chi connectivity index (χ2n) is 4.14. The summed E-state index contributed by atoms with van der Waals surface area (Å²) < 4.78 is 10.5. The van der Waals surface area contributed by atoms with E-state index in [0.717, 1.165) is 29.4 Å². The molecule has 0 fully saturated rings. The van der Waals surface area contributed by atoms with Gasteiger partial charge in [0.1, 0.15) is 11.5 Å². The molecule has 0 aliphatic rings. The molecule has 2 aromatic rings. The van der Waals surface area contributed by atoms with Crippen molar-refractivity contribution in [2.45, 2.75) is 6.92 Å². The number of hydrogen-bond donors (Lipinski definition) is 0. The number of benzene rings is 2. The van der Waals surface area contributed by atoms with Gasteiger partial charge in [-0.2, -0.15) is 0 Å². The normalized spacial score (nSPS) is 10.1. The van der Waals surface area contributed by atoms with Crippen LogP contribution in [0.1, 0.15) is 6.92 Å². The fourth-order valence-electron chi connectivity index (χ4n) is 2.05. The van der Waals surface area contributed by atoms with Crippen LogP contribution in [0.15, 0.2) is 48.5 Å². The molecule has 19 heavy (non-hydrogen) atoms. The van der Waals surface area contributed by atoms with Crippen LogP contribution in [0.25, 0.3) is 0 Å². The minimum Gasteiger partial charge on any atom is -0.497 e. The summed E-state index contributed by atoms with van der Waals surface area (Å²) in [4.78, 5) is 2.22. The predicted octanol–water partition coefficient (Wildman–Crippen LogP) is 3.86. The molecule has 2 aromatic carbocycles. The van der Waals surface area contributed by atoms with E-state index in [1.807, 2.05) is 30.3 Å². The Hall–Kier alpha value is -2.16. The molecule has 100 valence electrons. The van der Waals surface area contributed by atoms with Crippen molar-refractivity contribution < 1.29 is 9.47 Å². The summed E-state index contributed by atoms with van der Waals surface area (Å²) in [5.74, 6) is 1.73. The Morgan fingerprint density at radius 2 is 1.53 bits per heavy atom. The molecule has 0 radical (unpaired) electrons. The van der Waals surface area contributed by atoms with Crippen LogP contribution in [0.3, 0.4) is 0 Å². The van der Waals surface area contributed by atoms with Gasteiger partial charge in [-0.1, -0.05) is 6.07 Å². The molecule has 0 heterocycles. The molecule has 0 bridgehead atoms. The Morgan fingerprint density at radius 3 is 2.11 bits per heavy atom. The second-order valence-corrected chi connectivity index (χ2v) is 4.14. The predicted molar refractivity (Wildman–Crippen MR) is 78.7 cm³/mol. The molecule has 0 aromatic heterocycles. The zero-order valence-electron chi connectivity index (χ0n) is 11.6. The van der Waals surface area contributed by atoms with Crippen LogP contribution in [-0.2, 0) is 0 Å². The first-order valence-electron chi connectivity index (χ1n) is 6.34. The van der Waals surface area contributed by atoms with Crippen LogP contribution in [0.2, 0.25) is 0 Å². The molecule has 0 aliphatic heterocycles. The van der Waals surface area contributed by atoms with Gasteiger partial charge < -0.3 is 14.4 Å². The molecule has 0 aliphatic carbocycles. The lowest BCUT2D eigenvalue weighted by Crippen LogP contribution is -2.15. The highest BCUT2D eigenvalue weighted by molar-refractivity contribution is 5.65. The highest BCUT2D eigenvalue weighted by Gasteiger charge is 2.08. The van der Waals surface area contributed by atoms with Crippen LogP contribution >= 0.6 is 0 Å². The van der Waals surface area contributed by atoms with E-state index in [1.54, 1.807) is 14.2 Å². The highest BCUT2D eigenvalue weighted by Crippen LogP contribution is 2.29. The van der Waals surface area contributed by atoms with Crippen LogP contribution in [0.5, 0.6) is 11.5 Å². The van der Waals surface area contributed by atoms with Gasteiger partial charge in [-0.15, -0.1) is 0 Å². The Kier molecular flexibility index (Phi) is 4.29. The summed E-state index contributed by atoms with van der Waals surface area (Å²) in [5.41, 5.74) is 2.25. The smallest absolute Gasteiger partial charge is 0.120 e. The first kappa shape index (κ1) is 13.3. The maximum atomic E-state index is 5.28. The van der Waals surface area contributed by atoms with Gasteiger partial charge in [0.05, 0.1) is 14.2 Å². The third-order valence-electron chi connectivity index (χ3n) is 3.07. The van der Waals surface area contributed by atoms with Crippen LogP contribution in [0.4, 0.5) is 11.4 Å². The Balaban J connectivity index is 2.31. The summed E-state index contributed by atoms with van der Waals surface area (Å²) in [6, 6.07) is 16.1. The van der Waals surface area contributed by atoms with Crippen molar-refractivity contribution >= 4 is 11.4 Å². The lowest BCUT2D eigenvalue weighted by molar-refractivity contribution is 0.414. The van der Waals surface area contributed by atoms with Gasteiger partial charge in [0, 0.05) is 24.0 Å². The number of ether oxygens (including phenoxy) is 2. The fourth-order valence-corrected chi connectivity index (χ4v) is 2.05. The van der Waals surface area contributed by atoms with Gasteiger partial charge in [0.25, 0.3) is 0 Å². The number of anilines is 2. The van der Waals surface area contributed by atoms with Crippen molar-refractivity contribution in [3.8, 4) is 11.5 Å². The molecule has 2 rings (SSSR count). The summed E-state index contributed by atoms with van der Waals surface area (Å²) >= 11 is 0. The van der Waals surface area contributed by atoms with Gasteiger partial charge in [-0.05, 0) is 43.3 Å². The molecule has 3 nitrogen and oxygen atoms in total. The molecule has 0 N–H and O–H groups in total. The Morgan fingerprint density at radius 1 is 0.842 bits per heavy atom. The Labute approximate surface area is 114 Å². The number of rotatable bonds is 5. The number of methoxy groups -OCH3 is 2. The monoisotopic (exact) mass is 257 g/mol. The third-order valence-corrected chi connectivity index (χ3v) is 3.07. The minimum absolute atomic E-state index is 0.865. The second kappa shape index (κ2) is 6.14. The molecular formula is C16H19NO2. The van der Waals surface area contributed by atoms with Gasteiger partial charge >= 0.3 is 0 Å². The van der Waals surface area contributed by atoms with Gasteiger partial charge in [0.2, 0.25) is 0 Å². The van der Waals surface area contributed by atoms with E-state index in [1.165, 1.54) is 0 Å². The molecule has 0 saturated carbocycles. The third kappa shape index (κ3) is 2.99. The molecule has 0 unspecified atom stereocenters. The van der Waals surface area contributed by atoms with Gasteiger partial charge in [-0.25, -0.2) is 0 Å². The first-order chi connectivity index (χ1) is 9.28. The van der Waals surface area contributed by atoms with Crippen LogP contribution in [0, 0.1) is 0 Å². The average Bonchev–Trinajstić information content (AvgIpc) is 2.49. The molecular weight excluding hydrogens is 238 g/mol. The van der Waals surface area contributed by atoms with E-state index in [2.05, 4.69) is 30.0 Å². The molecule has 0 amide bonds. The minimum atomic E-state index is 0.865. The summed E-state index contributed by atoms with van der Waals surface area (Å²) in [7, 11) is 3.36. The largest absolute Gasteiger partial charge is 0.497 e. The number of nitrogens with zero attached hydrogens (tertiary/aromatic N) is 1. The van der Waals surface area contributed by atoms with E-state index in [4.69, 9.17) is 9.47 Å². The zero-order valence-corrected chi connectivity index (χ0v) is 11.6. The van der Waals surface area contributed by atoms with Gasteiger partial charge in [0.15, 0.2) is 0 Å². The summed E-state index contributed by atoms with van der Waals surface area (Å²) in [5, 5.41) is 0. The maximum Gasteiger partial charge on any atom is 0.120 e. The summed E-state index contributed by atoms with van der Waals surface area (Å²) in [6.45, 7) is 3.02. The molecule has 0 saturated heterocycles. The highest BCUT2D eigenvalue weighted by atomic mass is 16.5. The topological polar surface area (TPSA) is 21.7 Å². The van der Waals surface area contributed by atoms with Crippen molar-refractivity contribution in [2.24, 2.45) is 0 Å². The van der Waals surface area contributed by atoms with E-state index in [9.17, 15) is 0 Å². The lowest BCUT2D eigenvalue weighted by Gasteiger charge is -2.23. The fraction of sp³-hybridized carbons (Fsp3) is 0.250. The van der Waals surface area contributed by atoms with E-state index in [0.29, 0.717) is 0 Å². The van der Waals surface area contributed by atoms with E-state index in [-0.39, 0.29) is 0 Å². The molecule has 0 atom stereocenters. The van der Waals surface area contributed by atoms with Crippen molar-refractivity contribution in [1.29, 1.82) is 0 Å². The lowest BCUT2D eigenvalue weighted by atomic mass is 10.2. The number of hydrogen-bond acceptors (Lipinski definition) is 3. The first-order valence-corrected chi connectivity index (χ1v) is 6.34. The van der Waals surface area contributed by atoms with Crippen molar-refractivity contribution in [2.75, 3.05) is 25.7 Å². The molecule has 0 spiro atoms. The van der Waals surface area contributed by atoms with Crippen LogP contribution in [-0.4, -0.2) is 20.8 Å². The SMILES string of the molecule is CCN(c1ccc(OC)cc1)c1cccc(OC)c1. The summed E-state index contributed by atoms with van der Waals surface area (Å²) in [6.07, 6.45) is 0. The maximum absolute atomic E-state index is 5.28. The zero-order chi connectivity index (χ0) is 13.7. The standard InChI is InChI=1S/C16H19NO2/c1-4-17(13-8-10-15(18-2)11-9-13)14-6-5-7-16(12-14)19-3/h5-12H,4H2,1-3H3. The van der Waals surface area contributed by atoms with E-state index >= 15 is 0 Å². The van der Waals surface area contributed by atoms with Crippen molar-refractivity contribution in [3.05, 3.63) is 48.5 Å². The van der Waals surface area contributed by atoms with Crippen molar-refractivity contribution in [3.63, 3.8) is 0 Å².